The van der Waals surface area contributed by atoms with Crippen LogP contribution < -0.4 is 15.5 Å². The van der Waals surface area contributed by atoms with Gasteiger partial charge in [0.05, 0.1) is 11.6 Å². The van der Waals surface area contributed by atoms with Gasteiger partial charge in [0.15, 0.2) is 0 Å². The first-order chi connectivity index (χ1) is 18.9. The van der Waals surface area contributed by atoms with Gasteiger partial charge in [-0.05, 0) is 92.7 Å². The number of anilines is 2. The number of nitrogens with zero attached hydrogens (tertiary/aromatic N) is 3. The highest BCUT2D eigenvalue weighted by Gasteiger charge is 2.27. The summed E-state index contributed by atoms with van der Waals surface area (Å²) in [6.07, 6.45) is 8.69. The third-order valence-electron chi connectivity index (χ3n) is 8.00. The fourth-order valence-electron chi connectivity index (χ4n) is 5.85. The number of fused-ring (bicyclic) bond motifs is 1. The minimum atomic E-state index is -0.412. The van der Waals surface area contributed by atoms with Gasteiger partial charge >= 0.3 is 0 Å². The SMILES string of the molecule is CN(C)c1nc(N[C@H]2CC[C@@H](CNC(=O)C(c3ccc(Cl)cc3)c3ccc(Cl)cc3)CC2)nc2c1CCCC2. The lowest BCUT2D eigenvalue weighted by Gasteiger charge is -2.30. The molecule has 2 aromatic carbocycles. The number of hydrogen-bond acceptors (Lipinski definition) is 5. The Morgan fingerprint density at radius 1 is 0.897 bits per heavy atom. The number of aromatic nitrogens is 2. The van der Waals surface area contributed by atoms with Crippen molar-refractivity contribution in [1.29, 1.82) is 0 Å². The van der Waals surface area contributed by atoms with Crippen molar-refractivity contribution < 1.29 is 4.79 Å². The molecule has 1 fully saturated rings. The fourth-order valence-corrected chi connectivity index (χ4v) is 6.11. The number of hydrogen-bond donors (Lipinski definition) is 2. The number of amides is 1. The summed E-state index contributed by atoms with van der Waals surface area (Å²) in [5.74, 6) is 1.84. The van der Waals surface area contributed by atoms with Gasteiger partial charge in [0, 0.05) is 42.3 Å². The van der Waals surface area contributed by atoms with Gasteiger partial charge in [-0.3, -0.25) is 4.79 Å². The second-order valence-corrected chi connectivity index (χ2v) is 11.9. The molecule has 0 radical (unpaired) electrons. The van der Waals surface area contributed by atoms with Gasteiger partial charge in [-0.2, -0.15) is 4.98 Å². The van der Waals surface area contributed by atoms with Crippen molar-refractivity contribution >= 4 is 40.9 Å². The van der Waals surface area contributed by atoms with Crippen molar-refractivity contribution in [3.05, 3.63) is 81.0 Å². The zero-order chi connectivity index (χ0) is 27.4. The molecule has 0 atom stereocenters. The third kappa shape index (κ3) is 6.85. The van der Waals surface area contributed by atoms with Crippen molar-refractivity contribution in [1.82, 2.24) is 15.3 Å². The Hall–Kier alpha value is -2.83. The van der Waals surface area contributed by atoms with Gasteiger partial charge in [-0.15, -0.1) is 0 Å². The van der Waals surface area contributed by atoms with Crippen LogP contribution in [0.25, 0.3) is 0 Å². The van der Waals surface area contributed by atoms with E-state index in [4.69, 9.17) is 33.2 Å². The van der Waals surface area contributed by atoms with E-state index in [-0.39, 0.29) is 5.91 Å². The number of benzene rings is 2. The summed E-state index contributed by atoms with van der Waals surface area (Å²) in [7, 11) is 4.12. The highest BCUT2D eigenvalue weighted by molar-refractivity contribution is 6.30. The van der Waals surface area contributed by atoms with Crippen LogP contribution in [0.5, 0.6) is 0 Å². The predicted molar refractivity (Wildman–Crippen MR) is 160 cm³/mol. The van der Waals surface area contributed by atoms with Gasteiger partial charge in [-0.25, -0.2) is 4.98 Å². The molecule has 2 N–H and O–H groups in total. The van der Waals surface area contributed by atoms with Gasteiger partial charge in [0.2, 0.25) is 11.9 Å². The molecular weight excluding hydrogens is 529 g/mol. The summed E-state index contributed by atoms with van der Waals surface area (Å²) in [5, 5.41) is 8.17. The Bertz CT molecular complexity index is 1230. The minimum absolute atomic E-state index is 0.00133. The van der Waals surface area contributed by atoms with Crippen LogP contribution in [0.15, 0.2) is 48.5 Å². The summed E-state index contributed by atoms with van der Waals surface area (Å²) >= 11 is 12.2. The number of rotatable bonds is 8. The zero-order valence-electron chi connectivity index (χ0n) is 22.7. The molecule has 1 heterocycles. The normalized spacial score (nSPS) is 18.9. The van der Waals surface area contributed by atoms with E-state index in [0.29, 0.717) is 28.5 Å². The first-order valence-electron chi connectivity index (χ1n) is 14.0. The van der Waals surface area contributed by atoms with Crippen LogP contribution in [0.3, 0.4) is 0 Å². The van der Waals surface area contributed by atoms with E-state index < -0.39 is 5.92 Å². The van der Waals surface area contributed by atoms with Gasteiger partial charge < -0.3 is 15.5 Å². The summed E-state index contributed by atoms with van der Waals surface area (Å²) in [4.78, 5) is 25.3. The Morgan fingerprint density at radius 2 is 1.49 bits per heavy atom. The standard InChI is InChI=1S/C31H37Cl2N5O/c1-38(2)29-26-5-3-4-6-27(26)36-31(37-29)35-25-17-7-20(8-18-25)19-34-30(39)28(21-9-13-23(32)14-10-21)22-11-15-24(33)16-12-22/h9-16,20,25,28H,3-8,17-19H2,1-2H3,(H,34,39)(H,35,36,37)/t20-,25+. The van der Waals surface area contributed by atoms with Crippen LogP contribution in [0.2, 0.25) is 10.0 Å². The quantitative estimate of drug-likeness (QED) is 0.320. The third-order valence-corrected chi connectivity index (χ3v) is 8.50. The molecule has 1 saturated carbocycles. The van der Waals surface area contributed by atoms with Crippen molar-refractivity contribution in [2.24, 2.45) is 5.92 Å². The summed E-state index contributed by atoms with van der Waals surface area (Å²) in [6.45, 7) is 0.670. The van der Waals surface area contributed by atoms with Crippen molar-refractivity contribution in [2.75, 3.05) is 30.9 Å². The molecule has 1 amide bonds. The van der Waals surface area contributed by atoms with E-state index in [0.717, 1.165) is 61.4 Å². The van der Waals surface area contributed by atoms with Crippen LogP contribution >= 0.6 is 23.2 Å². The van der Waals surface area contributed by atoms with E-state index in [1.54, 1.807) is 0 Å². The average molecular weight is 567 g/mol. The van der Waals surface area contributed by atoms with E-state index >= 15 is 0 Å². The van der Waals surface area contributed by atoms with Crippen molar-refractivity contribution in [3.63, 3.8) is 0 Å². The topological polar surface area (TPSA) is 70.2 Å². The molecule has 6 nitrogen and oxygen atoms in total. The highest BCUT2D eigenvalue weighted by Crippen LogP contribution is 2.31. The van der Waals surface area contributed by atoms with Crippen LogP contribution in [0, 0.1) is 5.92 Å². The molecule has 1 aromatic heterocycles. The summed E-state index contributed by atoms with van der Waals surface area (Å²) in [6, 6.07) is 15.3. The molecule has 39 heavy (non-hydrogen) atoms. The molecule has 0 unspecified atom stereocenters. The highest BCUT2D eigenvalue weighted by atomic mass is 35.5. The maximum absolute atomic E-state index is 13.5. The Labute approximate surface area is 241 Å². The monoisotopic (exact) mass is 565 g/mol. The number of carbonyl (C=O) groups excluding carboxylic acids is 1. The molecule has 8 heteroatoms. The van der Waals surface area contributed by atoms with Crippen LogP contribution in [-0.4, -0.2) is 42.6 Å². The van der Waals surface area contributed by atoms with Crippen molar-refractivity contribution in [2.45, 2.75) is 63.3 Å². The maximum Gasteiger partial charge on any atom is 0.232 e. The molecular formula is C31H37Cl2N5O. The largest absolute Gasteiger partial charge is 0.362 e. The fraction of sp³-hybridized carbons (Fsp3) is 0.452. The molecule has 0 aliphatic heterocycles. The van der Waals surface area contributed by atoms with Gasteiger partial charge in [0.1, 0.15) is 5.82 Å². The number of aryl methyl sites for hydroxylation is 1. The van der Waals surface area contributed by atoms with Gasteiger partial charge in [0.25, 0.3) is 0 Å². The van der Waals surface area contributed by atoms with Crippen LogP contribution in [0.4, 0.5) is 11.8 Å². The van der Waals surface area contributed by atoms with Crippen LogP contribution in [0.1, 0.15) is 66.8 Å². The summed E-state index contributed by atoms with van der Waals surface area (Å²) in [5.41, 5.74) is 4.34. The lowest BCUT2D eigenvalue weighted by Crippen LogP contribution is -2.36. The molecule has 3 aromatic rings. The molecule has 0 bridgehead atoms. The Balaban J connectivity index is 1.18. The maximum atomic E-state index is 13.5. The lowest BCUT2D eigenvalue weighted by molar-refractivity contribution is -0.121. The van der Waals surface area contributed by atoms with E-state index in [2.05, 4.69) is 29.6 Å². The first-order valence-corrected chi connectivity index (χ1v) is 14.7. The Kier molecular flexibility index (Phi) is 8.93. The molecule has 0 spiro atoms. The minimum Gasteiger partial charge on any atom is -0.362 e. The second-order valence-electron chi connectivity index (χ2n) is 11.0. The molecule has 5 rings (SSSR count). The van der Waals surface area contributed by atoms with E-state index in [9.17, 15) is 4.79 Å². The zero-order valence-corrected chi connectivity index (χ0v) is 24.2. The van der Waals surface area contributed by atoms with Crippen LogP contribution in [-0.2, 0) is 17.6 Å². The summed E-state index contributed by atoms with van der Waals surface area (Å²) < 4.78 is 0. The first kappa shape index (κ1) is 27.7. The molecule has 206 valence electrons. The average Bonchev–Trinajstić information content (AvgIpc) is 2.94. The Morgan fingerprint density at radius 3 is 2.08 bits per heavy atom. The van der Waals surface area contributed by atoms with E-state index in [1.165, 1.54) is 24.1 Å². The number of halogens is 2. The molecule has 0 saturated heterocycles. The molecule has 2 aliphatic rings. The second kappa shape index (κ2) is 12.6. The molecule has 2 aliphatic carbocycles. The smallest absolute Gasteiger partial charge is 0.232 e. The predicted octanol–water partition coefficient (Wildman–Crippen LogP) is 6.65. The van der Waals surface area contributed by atoms with E-state index in [1.807, 2.05) is 48.5 Å². The van der Waals surface area contributed by atoms with Crippen molar-refractivity contribution in [3.8, 4) is 0 Å². The van der Waals surface area contributed by atoms with Gasteiger partial charge in [-0.1, -0.05) is 47.5 Å². The lowest BCUT2D eigenvalue weighted by atomic mass is 9.85. The number of nitrogens with one attached hydrogen (secondary N) is 2. The number of carbonyl (C=O) groups is 1.